The fraction of sp³-hybridized carbons (Fsp3) is 0.318. The van der Waals surface area contributed by atoms with Gasteiger partial charge in [-0.05, 0) is 43.4 Å². The Morgan fingerprint density at radius 1 is 1.20 bits per heavy atom. The highest BCUT2D eigenvalue weighted by molar-refractivity contribution is 5.91. The smallest absolute Gasteiger partial charge is 0.246 e. The van der Waals surface area contributed by atoms with E-state index in [1.165, 1.54) is 0 Å². The van der Waals surface area contributed by atoms with E-state index in [4.69, 9.17) is 0 Å². The summed E-state index contributed by atoms with van der Waals surface area (Å²) in [5, 5.41) is 7.25. The lowest BCUT2D eigenvalue weighted by molar-refractivity contribution is -0.127. The van der Waals surface area contributed by atoms with Gasteiger partial charge in [0.25, 0.3) is 0 Å². The number of carbonyl (C=O) groups is 1. The topological polar surface area (TPSA) is 88.8 Å². The number of rotatable bonds is 6. The molecule has 30 heavy (non-hydrogen) atoms. The summed E-state index contributed by atoms with van der Waals surface area (Å²) in [6.07, 6.45) is 15.2. The third-order valence-electron chi connectivity index (χ3n) is 5.10. The number of piperidine rings is 1. The summed E-state index contributed by atoms with van der Waals surface area (Å²) in [7, 11) is 1.86. The molecular weight excluding hydrogens is 378 g/mol. The molecule has 3 aromatic heterocycles. The van der Waals surface area contributed by atoms with Gasteiger partial charge < -0.3 is 10.2 Å². The maximum Gasteiger partial charge on any atom is 0.246 e. The van der Waals surface area contributed by atoms with Crippen LogP contribution in [0.15, 0.2) is 55.3 Å². The molecule has 154 valence electrons. The molecule has 8 nitrogen and oxygen atoms in total. The second kappa shape index (κ2) is 9.30. The molecular formula is C22H25N7O. The predicted molar refractivity (Wildman–Crippen MR) is 115 cm³/mol. The lowest BCUT2D eigenvalue weighted by atomic mass is 9.93. The van der Waals surface area contributed by atoms with Crippen LogP contribution in [0.5, 0.6) is 0 Å². The van der Waals surface area contributed by atoms with Gasteiger partial charge in [0.05, 0.1) is 24.3 Å². The van der Waals surface area contributed by atoms with Crippen molar-refractivity contribution < 1.29 is 4.79 Å². The van der Waals surface area contributed by atoms with Gasteiger partial charge in [0.15, 0.2) is 0 Å². The Balaban J connectivity index is 1.31. The van der Waals surface area contributed by atoms with Crippen LogP contribution in [-0.4, -0.2) is 48.6 Å². The van der Waals surface area contributed by atoms with Gasteiger partial charge in [-0.25, -0.2) is 9.97 Å². The van der Waals surface area contributed by atoms with Crippen LogP contribution >= 0.6 is 0 Å². The van der Waals surface area contributed by atoms with Crippen molar-refractivity contribution in [1.29, 1.82) is 0 Å². The van der Waals surface area contributed by atoms with Crippen molar-refractivity contribution in [2.75, 3.05) is 18.4 Å². The van der Waals surface area contributed by atoms with E-state index in [9.17, 15) is 4.79 Å². The SMILES string of the molecule is Cn1cc(/C=C/C(=O)N2CCC[C@@H](Cc3cnc(Nc4ccccn4)cn3)C2)cn1. The van der Waals surface area contributed by atoms with Crippen molar-refractivity contribution in [3.8, 4) is 0 Å². The third kappa shape index (κ3) is 5.28. The zero-order valence-electron chi connectivity index (χ0n) is 17.0. The van der Waals surface area contributed by atoms with Crippen molar-refractivity contribution >= 4 is 23.6 Å². The van der Waals surface area contributed by atoms with Gasteiger partial charge in [-0.15, -0.1) is 0 Å². The van der Waals surface area contributed by atoms with Crippen LogP contribution in [0.3, 0.4) is 0 Å². The Hall–Kier alpha value is -3.55. The van der Waals surface area contributed by atoms with E-state index in [0.717, 1.165) is 49.4 Å². The van der Waals surface area contributed by atoms with Crippen LogP contribution in [0, 0.1) is 5.92 Å². The summed E-state index contributed by atoms with van der Waals surface area (Å²) in [5.74, 6) is 1.83. The van der Waals surface area contributed by atoms with E-state index in [0.29, 0.717) is 11.7 Å². The molecule has 0 spiro atoms. The molecule has 0 bridgehead atoms. The summed E-state index contributed by atoms with van der Waals surface area (Å²) >= 11 is 0. The first-order valence-electron chi connectivity index (χ1n) is 10.1. The average Bonchev–Trinajstić information content (AvgIpc) is 3.19. The van der Waals surface area contributed by atoms with Crippen molar-refractivity contribution in [1.82, 2.24) is 29.6 Å². The second-order valence-corrected chi connectivity index (χ2v) is 7.51. The maximum absolute atomic E-state index is 12.6. The Morgan fingerprint density at radius 2 is 2.13 bits per heavy atom. The summed E-state index contributed by atoms with van der Waals surface area (Å²) in [5.41, 5.74) is 1.86. The third-order valence-corrected chi connectivity index (χ3v) is 5.10. The van der Waals surface area contributed by atoms with Crippen LogP contribution in [0.4, 0.5) is 11.6 Å². The Labute approximate surface area is 175 Å². The number of aryl methyl sites for hydroxylation is 1. The second-order valence-electron chi connectivity index (χ2n) is 7.51. The Morgan fingerprint density at radius 3 is 2.87 bits per heavy atom. The lowest BCUT2D eigenvalue weighted by Gasteiger charge is -2.32. The van der Waals surface area contributed by atoms with E-state index >= 15 is 0 Å². The number of hydrogen-bond acceptors (Lipinski definition) is 6. The van der Waals surface area contributed by atoms with E-state index < -0.39 is 0 Å². The molecule has 0 aliphatic carbocycles. The minimum atomic E-state index is 0.0459. The standard InChI is InChI=1S/C22H25N7O/c1-28-15-18(12-26-28)7-8-22(30)29-10-4-5-17(16-29)11-19-13-25-21(14-24-19)27-20-6-2-3-9-23-20/h2-3,6-9,12-15,17H,4-5,10-11,16H2,1H3,(H,23,25,27)/b8-7+/t17-/m0/s1. The number of carbonyl (C=O) groups excluding carboxylic acids is 1. The molecule has 0 unspecified atom stereocenters. The Bertz CT molecular complexity index is 998. The largest absolute Gasteiger partial charge is 0.339 e. The van der Waals surface area contributed by atoms with Gasteiger partial charge >= 0.3 is 0 Å². The summed E-state index contributed by atoms with van der Waals surface area (Å²) in [4.78, 5) is 27.7. The van der Waals surface area contributed by atoms with Crippen LogP contribution in [-0.2, 0) is 18.3 Å². The van der Waals surface area contributed by atoms with Crippen LogP contribution in [0.2, 0.25) is 0 Å². The summed E-state index contributed by atoms with van der Waals surface area (Å²) in [6, 6.07) is 5.66. The molecule has 1 saturated heterocycles. The van der Waals surface area contributed by atoms with E-state index in [-0.39, 0.29) is 5.91 Å². The van der Waals surface area contributed by atoms with Crippen LogP contribution < -0.4 is 5.32 Å². The maximum atomic E-state index is 12.6. The van der Waals surface area contributed by atoms with Crippen LogP contribution in [0.1, 0.15) is 24.1 Å². The van der Waals surface area contributed by atoms with E-state index in [2.05, 4.69) is 25.4 Å². The predicted octanol–water partition coefficient (Wildman–Crippen LogP) is 2.84. The average molecular weight is 403 g/mol. The number of pyridine rings is 1. The fourth-order valence-corrected chi connectivity index (χ4v) is 3.62. The van der Waals surface area contributed by atoms with Gasteiger partial charge in [-0.3, -0.25) is 14.5 Å². The number of aromatic nitrogens is 5. The highest BCUT2D eigenvalue weighted by Crippen LogP contribution is 2.21. The van der Waals surface area contributed by atoms with Gasteiger partial charge in [-0.1, -0.05) is 6.07 Å². The molecule has 1 aliphatic heterocycles. The zero-order valence-corrected chi connectivity index (χ0v) is 17.0. The molecule has 4 heterocycles. The molecule has 0 radical (unpaired) electrons. The number of amides is 1. The quantitative estimate of drug-likeness (QED) is 0.637. The van der Waals surface area contributed by atoms with Gasteiger partial charge in [0, 0.05) is 44.2 Å². The van der Waals surface area contributed by atoms with Crippen molar-refractivity contribution in [2.45, 2.75) is 19.3 Å². The molecule has 8 heteroatoms. The zero-order chi connectivity index (χ0) is 20.8. The summed E-state index contributed by atoms with van der Waals surface area (Å²) in [6.45, 7) is 1.54. The first kappa shape index (κ1) is 19.8. The lowest BCUT2D eigenvalue weighted by Crippen LogP contribution is -2.39. The molecule has 1 aliphatic rings. The molecule has 0 aromatic carbocycles. The number of nitrogens with zero attached hydrogens (tertiary/aromatic N) is 6. The molecule has 1 fully saturated rings. The van der Waals surface area contributed by atoms with Gasteiger partial charge in [0.2, 0.25) is 5.91 Å². The molecule has 0 saturated carbocycles. The summed E-state index contributed by atoms with van der Waals surface area (Å²) < 4.78 is 1.72. The first-order valence-corrected chi connectivity index (χ1v) is 10.1. The van der Waals surface area contributed by atoms with Crippen molar-refractivity contribution in [3.05, 3.63) is 66.5 Å². The molecule has 4 rings (SSSR count). The van der Waals surface area contributed by atoms with E-state index in [1.807, 2.05) is 42.4 Å². The molecule has 3 aromatic rings. The minimum Gasteiger partial charge on any atom is -0.339 e. The molecule has 1 amide bonds. The van der Waals surface area contributed by atoms with Gasteiger partial charge in [0.1, 0.15) is 11.6 Å². The number of anilines is 2. The number of nitrogens with one attached hydrogen (secondary N) is 1. The molecule has 1 N–H and O–H groups in total. The fourth-order valence-electron chi connectivity index (χ4n) is 3.62. The number of hydrogen-bond donors (Lipinski definition) is 1. The van der Waals surface area contributed by atoms with Crippen molar-refractivity contribution in [2.24, 2.45) is 13.0 Å². The Kier molecular flexibility index (Phi) is 6.12. The minimum absolute atomic E-state index is 0.0459. The van der Waals surface area contributed by atoms with E-state index in [1.54, 1.807) is 35.5 Å². The van der Waals surface area contributed by atoms with Gasteiger partial charge in [-0.2, -0.15) is 5.10 Å². The monoisotopic (exact) mass is 403 g/mol. The van der Waals surface area contributed by atoms with Crippen molar-refractivity contribution in [3.63, 3.8) is 0 Å². The number of likely N-dealkylation sites (tertiary alicyclic amines) is 1. The van der Waals surface area contributed by atoms with Crippen LogP contribution in [0.25, 0.3) is 6.08 Å². The highest BCUT2D eigenvalue weighted by atomic mass is 16.2. The molecule has 1 atom stereocenters. The first-order chi connectivity index (χ1) is 14.7. The highest BCUT2D eigenvalue weighted by Gasteiger charge is 2.23. The normalized spacial score (nSPS) is 16.7.